The van der Waals surface area contributed by atoms with Gasteiger partial charge in [0.15, 0.2) is 0 Å². The molecule has 0 fully saturated rings. The minimum Gasteiger partial charge on any atom is -0.389 e. The fraction of sp³-hybridized carbons (Fsp3) is 0.667. The number of anilines is 2. The third-order valence-corrected chi connectivity index (χ3v) is 2.56. The van der Waals surface area contributed by atoms with Gasteiger partial charge in [-0.25, -0.2) is 9.97 Å². The van der Waals surface area contributed by atoms with Crippen molar-refractivity contribution in [3.63, 3.8) is 0 Å². The molecule has 0 aromatic carbocycles. The number of aliphatic hydroxyl groups is 1. The molecule has 1 heterocycles. The van der Waals surface area contributed by atoms with Crippen LogP contribution in [0.25, 0.3) is 0 Å². The van der Waals surface area contributed by atoms with Crippen LogP contribution in [0, 0.1) is 0 Å². The minimum atomic E-state index is -4.63. The van der Waals surface area contributed by atoms with Gasteiger partial charge in [0, 0.05) is 33.3 Å². The second-order valence-corrected chi connectivity index (χ2v) is 4.45. The molecule has 1 atom stereocenters. The van der Waals surface area contributed by atoms with Gasteiger partial charge in [0.2, 0.25) is 5.82 Å². The smallest absolute Gasteiger partial charge is 0.389 e. The van der Waals surface area contributed by atoms with Gasteiger partial charge in [-0.15, -0.1) is 0 Å². The number of likely N-dealkylation sites (N-methyl/N-ethyl adjacent to an activating group) is 1. The Labute approximate surface area is 121 Å². The summed E-state index contributed by atoms with van der Waals surface area (Å²) in [6, 6.07) is 1.40. The lowest BCUT2D eigenvalue weighted by atomic mass is 10.3. The zero-order valence-corrected chi connectivity index (χ0v) is 12.1. The first-order chi connectivity index (χ1) is 9.77. The van der Waals surface area contributed by atoms with Gasteiger partial charge < -0.3 is 20.1 Å². The monoisotopic (exact) mass is 308 g/mol. The summed E-state index contributed by atoms with van der Waals surface area (Å²) >= 11 is 0. The van der Waals surface area contributed by atoms with Crippen molar-refractivity contribution in [2.24, 2.45) is 0 Å². The average molecular weight is 308 g/mol. The number of aromatic nitrogens is 2. The highest BCUT2D eigenvalue weighted by Crippen LogP contribution is 2.29. The first kappa shape index (κ1) is 17.4. The maximum Gasteiger partial charge on any atom is 0.451 e. The van der Waals surface area contributed by atoms with Crippen molar-refractivity contribution < 1.29 is 23.0 Å². The fourth-order valence-electron chi connectivity index (χ4n) is 1.68. The molecule has 1 aromatic heterocycles. The van der Waals surface area contributed by atoms with Gasteiger partial charge in [-0.1, -0.05) is 0 Å². The molecule has 0 aliphatic carbocycles. The van der Waals surface area contributed by atoms with Crippen LogP contribution in [0.2, 0.25) is 0 Å². The lowest BCUT2D eigenvalue weighted by molar-refractivity contribution is -0.144. The van der Waals surface area contributed by atoms with E-state index in [1.165, 1.54) is 25.1 Å². The van der Waals surface area contributed by atoms with Crippen molar-refractivity contribution in [1.29, 1.82) is 0 Å². The molecule has 1 rings (SSSR count). The van der Waals surface area contributed by atoms with Crippen LogP contribution in [0.1, 0.15) is 12.7 Å². The molecule has 0 aliphatic rings. The number of nitrogens with one attached hydrogen (secondary N) is 1. The standard InChI is InChI=1S/C12H19F3N4O2/c1-4-16-9-5-10(18-11(17-9)12(13,14)15)19(2)6-8(20)7-21-3/h5,8,20H,4,6-7H2,1-3H3,(H,16,17,18). The Hall–Kier alpha value is -1.61. The Balaban J connectivity index is 3.01. The molecule has 1 aromatic rings. The van der Waals surface area contributed by atoms with Crippen LogP contribution in [0.4, 0.5) is 24.8 Å². The van der Waals surface area contributed by atoms with E-state index in [9.17, 15) is 18.3 Å². The quantitative estimate of drug-likeness (QED) is 0.793. The summed E-state index contributed by atoms with van der Waals surface area (Å²) in [7, 11) is 2.97. The van der Waals surface area contributed by atoms with Crippen molar-refractivity contribution in [2.75, 3.05) is 44.1 Å². The summed E-state index contributed by atoms with van der Waals surface area (Å²) in [5, 5.41) is 12.4. The van der Waals surface area contributed by atoms with Crippen LogP contribution in [-0.2, 0) is 10.9 Å². The van der Waals surface area contributed by atoms with Crippen molar-refractivity contribution >= 4 is 11.6 Å². The Kier molecular flexibility index (Phi) is 6.16. The number of nitrogens with zero attached hydrogens (tertiary/aromatic N) is 3. The second-order valence-electron chi connectivity index (χ2n) is 4.45. The Morgan fingerprint density at radius 1 is 1.43 bits per heavy atom. The third-order valence-electron chi connectivity index (χ3n) is 2.56. The maximum atomic E-state index is 12.8. The number of methoxy groups -OCH3 is 1. The summed E-state index contributed by atoms with van der Waals surface area (Å²) in [5.74, 6) is -1.06. The molecule has 0 radical (unpaired) electrons. The molecule has 2 N–H and O–H groups in total. The van der Waals surface area contributed by atoms with E-state index in [-0.39, 0.29) is 24.8 Å². The highest BCUT2D eigenvalue weighted by molar-refractivity contribution is 5.49. The molecule has 6 nitrogen and oxygen atoms in total. The van der Waals surface area contributed by atoms with Gasteiger partial charge in [-0.05, 0) is 6.92 Å². The number of hydrogen-bond donors (Lipinski definition) is 2. The summed E-state index contributed by atoms with van der Waals surface area (Å²) in [4.78, 5) is 8.35. The number of ether oxygens (including phenoxy) is 1. The van der Waals surface area contributed by atoms with Gasteiger partial charge >= 0.3 is 6.18 Å². The first-order valence-corrected chi connectivity index (χ1v) is 6.36. The van der Waals surface area contributed by atoms with Crippen LogP contribution in [0.15, 0.2) is 6.07 Å². The van der Waals surface area contributed by atoms with E-state index in [2.05, 4.69) is 15.3 Å². The lowest BCUT2D eigenvalue weighted by Crippen LogP contribution is -2.33. The summed E-state index contributed by atoms with van der Waals surface area (Å²) in [6.45, 7) is 2.36. The molecular weight excluding hydrogens is 289 g/mol. The largest absolute Gasteiger partial charge is 0.451 e. The van der Waals surface area contributed by atoms with Crippen molar-refractivity contribution in [3.8, 4) is 0 Å². The molecule has 1 unspecified atom stereocenters. The zero-order valence-electron chi connectivity index (χ0n) is 12.1. The molecule has 0 spiro atoms. The van der Waals surface area contributed by atoms with Gasteiger partial charge in [-0.2, -0.15) is 13.2 Å². The average Bonchev–Trinajstić information content (AvgIpc) is 2.38. The van der Waals surface area contributed by atoms with E-state index in [1.807, 2.05) is 0 Å². The summed E-state index contributed by atoms with van der Waals surface area (Å²) in [6.07, 6.45) is -5.46. The lowest BCUT2D eigenvalue weighted by Gasteiger charge is -2.22. The molecular formula is C12H19F3N4O2. The third kappa shape index (κ3) is 5.35. The molecule has 120 valence electrons. The molecule has 0 bridgehead atoms. The summed E-state index contributed by atoms with van der Waals surface area (Å²) in [5.41, 5.74) is 0. The van der Waals surface area contributed by atoms with E-state index in [4.69, 9.17) is 4.74 Å². The topological polar surface area (TPSA) is 70.5 Å². The van der Waals surface area contributed by atoms with Crippen LogP contribution < -0.4 is 10.2 Å². The Bertz CT molecular complexity index is 457. The molecule has 9 heteroatoms. The molecule has 0 aliphatic heterocycles. The van der Waals surface area contributed by atoms with Crippen LogP contribution in [-0.4, -0.2) is 55.0 Å². The van der Waals surface area contributed by atoms with E-state index in [0.29, 0.717) is 6.54 Å². The number of rotatable bonds is 7. The maximum absolute atomic E-state index is 12.8. The van der Waals surface area contributed by atoms with Gasteiger partial charge in [-0.3, -0.25) is 0 Å². The minimum absolute atomic E-state index is 0.0726. The van der Waals surface area contributed by atoms with Gasteiger partial charge in [0.1, 0.15) is 11.6 Å². The second kappa shape index (κ2) is 7.41. The Morgan fingerprint density at radius 3 is 2.62 bits per heavy atom. The zero-order chi connectivity index (χ0) is 16.0. The van der Waals surface area contributed by atoms with Crippen molar-refractivity contribution in [1.82, 2.24) is 9.97 Å². The Morgan fingerprint density at radius 2 is 2.10 bits per heavy atom. The van der Waals surface area contributed by atoms with E-state index in [1.54, 1.807) is 6.92 Å². The van der Waals surface area contributed by atoms with Crippen LogP contribution in [0.3, 0.4) is 0 Å². The molecule has 0 amide bonds. The highest BCUT2D eigenvalue weighted by Gasteiger charge is 2.35. The predicted octanol–water partition coefficient (Wildman–Crippen LogP) is 1.37. The first-order valence-electron chi connectivity index (χ1n) is 6.36. The number of hydrogen-bond acceptors (Lipinski definition) is 6. The van der Waals surface area contributed by atoms with E-state index >= 15 is 0 Å². The normalized spacial score (nSPS) is 13.1. The fourth-order valence-corrected chi connectivity index (χ4v) is 1.68. The SMILES string of the molecule is CCNc1cc(N(C)CC(O)COC)nc(C(F)(F)F)n1. The van der Waals surface area contributed by atoms with Gasteiger partial charge in [0.05, 0.1) is 12.7 Å². The van der Waals surface area contributed by atoms with Crippen molar-refractivity contribution in [3.05, 3.63) is 11.9 Å². The van der Waals surface area contributed by atoms with Gasteiger partial charge in [0.25, 0.3) is 0 Å². The molecule has 21 heavy (non-hydrogen) atoms. The number of halogens is 3. The van der Waals surface area contributed by atoms with Crippen LogP contribution >= 0.6 is 0 Å². The number of alkyl halides is 3. The van der Waals surface area contributed by atoms with Crippen molar-refractivity contribution in [2.45, 2.75) is 19.2 Å². The van der Waals surface area contributed by atoms with E-state index < -0.39 is 18.1 Å². The predicted molar refractivity (Wildman–Crippen MR) is 72.4 cm³/mol. The highest BCUT2D eigenvalue weighted by atomic mass is 19.4. The van der Waals surface area contributed by atoms with E-state index in [0.717, 1.165) is 0 Å². The number of aliphatic hydroxyl groups excluding tert-OH is 1. The molecule has 0 saturated carbocycles. The molecule has 0 saturated heterocycles. The van der Waals surface area contributed by atoms with Crippen LogP contribution in [0.5, 0.6) is 0 Å². The summed E-state index contributed by atoms with van der Waals surface area (Å²) < 4.78 is 43.2.